The number of hydrogen-bond acceptors (Lipinski definition) is 4. The summed E-state index contributed by atoms with van der Waals surface area (Å²) in [6.07, 6.45) is -0.0694. The fourth-order valence-corrected chi connectivity index (χ4v) is 3.48. The van der Waals surface area contributed by atoms with E-state index in [1.165, 1.54) is 0 Å². The number of benzene rings is 2. The van der Waals surface area contributed by atoms with Crippen LogP contribution in [0.4, 0.5) is 0 Å². The minimum absolute atomic E-state index is 0.0694. The second-order valence-corrected chi connectivity index (χ2v) is 7.00. The summed E-state index contributed by atoms with van der Waals surface area (Å²) in [7, 11) is -4.19. The maximum absolute atomic E-state index is 12.6. The van der Waals surface area contributed by atoms with Gasteiger partial charge >= 0.3 is 10.2 Å². The number of carbonyl (C=O) groups excluding carboxylic acids is 1. The molecule has 6 nitrogen and oxygen atoms in total. The van der Waals surface area contributed by atoms with Crippen LogP contribution in [0.25, 0.3) is 0 Å². The Morgan fingerprint density at radius 3 is 2.24 bits per heavy atom. The van der Waals surface area contributed by atoms with Crippen molar-refractivity contribution in [1.82, 2.24) is 4.31 Å². The molecule has 1 atom stereocenters. The van der Waals surface area contributed by atoms with Gasteiger partial charge in [-0.25, -0.2) is 9.44 Å². The Hall–Kier alpha value is -2.38. The summed E-state index contributed by atoms with van der Waals surface area (Å²) in [4.78, 5) is 12.6. The van der Waals surface area contributed by atoms with E-state index < -0.39 is 22.2 Å². The van der Waals surface area contributed by atoms with E-state index in [1.54, 1.807) is 55.5 Å². The molecule has 2 N–H and O–H groups in total. The normalized spacial score (nSPS) is 12.4. The monoisotopic (exact) mass is 362 g/mol. The van der Waals surface area contributed by atoms with Gasteiger partial charge in [0.1, 0.15) is 5.75 Å². The van der Waals surface area contributed by atoms with Crippen molar-refractivity contribution in [2.24, 2.45) is 5.14 Å². The van der Waals surface area contributed by atoms with Gasteiger partial charge in [-0.3, -0.25) is 4.79 Å². The van der Waals surface area contributed by atoms with E-state index >= 15 is 0 Å². The molecule has 0 bridgehead atoms. The molecule has 1 unspecified atom stereocenters. The van der Waals surface area contributed by atoms with Crippen LogP contribution in [0.5, 0.6) is 5.75 Å². The van der Waals surface area contributed by atoms with Crippen molar-refractivity contribution in [2.75, 3.05) is 6.61 Å². The Morgan fingerprint density at radius 1 is 1.12 bits per heavy atom. The molecule has 134 valence electrons. The van der Waals surface area contributed by atoms with Crippen LogP contribution >= 0.6 is 0 Å². The number of nitrogens with two attached hydrogens (primary N) is 1. The first kappa shape index (κ1) is 19.0. The lowest BCUT2D eigenvalue weighted by molar-refractivity contribution is -0.127. The predicted octanol–water partition coefficient (Wildman–Crippen LogP) is 2.42. The molecule has 0 aliphatic heterocycles. The van der Waals surface area contributed by atoms with E-state index in [4.69, 9.17) is 9.88 Å². The van der Waals surface area contributed by atoms with Gasteiger partial charge in [0.05, 0.1) is 19.1 Å². The van der Waals surface area contributed by atoms with Gasteiger partial charge in [0.15, 0.2) is 0 Å². The Morgan fingerprint density at radius 2 is 1.72 bits per heavy atom. The number of rotatable bonds is 7. The van der Waals surface area contributed by atoms with Crippen molar-refractivity contribution in [1.29, 1.82) is 0 Å². The van der Waals surface area contributed by atoms with Gasteiger partial charge in [-0.05, 0) is 37.1 Å². The number of ether oxygens (including phenoxy) is 1. The van der Waals surface area contributed by atoms with Crippen LogP contribution < -0.4 is 9.88 Å². The molecule has 0 spiro atoms. The molecule has 0 aliphatic carbocycles. The molecule has 1 amide bonds. The minimum Gasteiger partial charge on any atom is -0.494 e. The molecule has 2 rings (SSSR count). The van der Waals surface area contributed by atoms with Crippen molar-refractivity contribution in [3.05, 3.63) is 65.7 Å². The number of amides is 1. The van der Waals surface area contributed by atoms with Gasteiger partial charge in [0.2, 0.25) is 5.91 Å². The van der Waals surface area contributed by atoms with E-state index in [2.05, 4.69) is 0 Å². The van der Waals surface area contributed by atoms with E-state index in [9.17, 15) is 13.2 Å². The van der Waals surface area contributed by atoms with Gasteiger partial charge in [-0.1, -0.05) is 42.5 Å². The second kappa shape index (κ2) is 8.13. The predicted molar refractivity (Wildman–Crippen MR) is 96.1 cm³/mol. The minimum atomic E-state index is -4.19. The highest BCUT2D eigenvalue weighted by Gasteiger charge is 2.30. The van der Waals surface area contributed by atoms with Crippen molar-refractivity contribution in [3.8, 4) is 5.75 Å². The van der Waals surface area contributed by atoms with Crippen LogP contribution in [-0.2, 0) is 21.4 Å². The molecule has 0 heterocycles. The zero-order chi connectivity index (χ0) is 18.4. The van der Waals surface area contributed by atoms with Gasteiger partial charge < -0.3 is 4.74 Å². The Balaban J connectivity index is 2.22. The molecule has 2 aromatic carbocycles. The Labute approximate surface area is 148 Å². The molecule has 25 heavy (non-hydrogen) atoms. The van der Waals surface area contributed by atoms with E-state index in [1.807, 2.05) is 13.0 Å². The van der Waals surface area contributed by atoms with Crippen LogP contribution in [0.2, 0.25) is 0 Å². The highest BCUT2D eigenvalue weighted by molar-refractivity contribution is 7.87. The topological polar surface area (TPSA) is 89.7 Å². The first-order valence-electron chi connectivity index (χ1n) is 7.94. The first-order valence-corrected chi connectivity index (χ1v) is 9.45. The number of carbonyl (C=O) groups is 1. The summed E-state index contributed by atoms with van der Waals surface area (Å²) in [6.45, 7) is 4.06. The number of hydrogen-bond donors (Lipinski definition) is 1. The fourth-order valence-electron chi connectivity index (χ4n) is 2.57. The highest BCUT2D eigenvalue weighted by atomic mass is 32.2. The van der Waals surface area contributed by atoms with Crippen LogP contribution in [0.15, 0.2) is 54.6 Å². The molecule has 7 heteroatoms. The van der Waals surface area contributed by atoms with Crippen LogP contribution in [0.3, 0.4) is 0 Å². The van der Waals surface area contributed by atoms with Crippen LogP contribution in [0, 0.1) is 0 Å². The third-order valence-corrected chi connectivity index (χ3v) is 4.81. The van der Waals surface area contributed by atoms with Crippen molar-refractivity contribution < 1.29 is 17.9 Å². The van der Waals surface area contributed by atoms with Crippen LogP contribution in [-0.4, -0.2) is 25.2 Å². The molecule has 0 fully saturated rings. The Bertz CT molecular complexity index is 805. The number of nitrogens with zero attached hydrogens (tertiary/aromatic N) is 1. The lowest BCUT2D eigenvalue weighted by atomic mass is 10.1. The zero-order valence-corrected chi connectivity index (χ0v) is 15.1. The third kappa shape index (κ3) is 5.04. The maximum atomic E-state index is 12.6. The van der Waals surface area contributed by atoms with Crippen LogP contribution in [0.1, 0.15) is 31.0 Å². The largest absolute Gasteiger partial charge is 0.494 e. The average Bonchev–Trinajstić information content (AvgIpc) is 2.56. The van der Waals surface area contributed by atoms with E-state index in [0.717, 1.165) is 4.31 Å². The van der Waals surface area contributed by atoms with Crippen molar-refractivity contribution in [2.45, 2.75) is 26.3 Å². The third-order valence-electron chi connectivity index (χ3n) is 3.74. The van der Waals surface area contributed by atoms with E-state index in [-0.39, 0.29) is 6.42 Å². The SMILES string of the molecule is CCOc1ccc(CC(=O)N(C(C)c2ccccc2)S(N)(=O)=O)cc1. The quantitative estimate of drug-likeness (QED) is 0.819. The Kier molecular flexibility index (Phi) is 6.17. The summed E-state index contributed by atoms with van der Waals surface area (Å²) < 4.78 is 30.0. The molecule has 2 aromatic rings. The van der Waals surface area contributed by atoms with Gasteiger partial charge in [0, 0.05) is 0 Å². The zero-order valence-electron chi connectivity index (χ0n) is 14.3. The molecular formula is C18H22N2O4S. The van der Waals surface area contributed by atoms with Gasteiger partial charge in [-0.2, -0.15) is 8.42 Å². The van der Waals surface area contributed by atoms with E-state index in [0.29, 0.717) is 23.5 Å². The molecule has 0 aromatic heterocycles. The molecule has 0 saturated heterocycles. The first-order chi connectivity index (χ1) is 11.8. The maximum Gasteiger partial charge on any atom is 0.301 e. The summed E-state index contributed by atoms with van der Waals surface area (Å²) in [5, 5.41) is 5.29. The van der Waals surface area contributed by atoms with Crippen molar-refractivity contribution in [3.63, 3.8) is 0 Å². The van der Waals surface area contributed by atoms with Gasteiger partial charge in [-0.15, -0.1) is 0 Å². The smallest absolute Gasteiger partial charge is 0.301 e. The fraction of sp³-hybridized carbons (Fsp3) is 0.278. The lowest BCUT2D eigenvalue weighted by Crippen LogP contribution is -2.43. The molecular weight excluding hydrogens is 340 g/mol. The molecule has 0 aliphatic rings. The summed E-state index contributed by atoms with van der Waals surface area (Å²) in [6, 6.07) is 15.2. The molecule has 0 radical (unpaired) electrons. The lowest BCUT2D eigenvalue weighted by Gasteiger charge is -2.27. The summed E-state index contributed by atoms with van der Waals surface area (Å²) in [5.74, 6) is 0.114. The average molecular weight is 362 g/mol. The summed E-state index contributed by atoms with van der Waals surface area (Å²) >= 11 is 0. The highest BCUT2D eigenvalue weighted by Crippen LogP contribution is 2.23. The van der Waals surface area contributed by atoms with Crippen molar-refractivity contribution >= 4 is 16.1 Å². The summed E-state index contributed by atoms with van der Waals surface area (Å²) in [5.41, 5.74) is 1.37. The standard InChI is InChI=1S/C18H22N2O4S/c1-3-24-17-11-9-15(10-12-17)13-18(21)20(25(19,22)23)14(2)16-7-5-4-6-8-16/h4-12,14H,3,13H2,1-2H3,(H2,19,22,23). The second-order valence-electron chi connectivity index (χ2n) is 5.57. The molecule has 0 saturated carbocycles. The van der Waals surface area contributed by atoms with Gasteiger partial charge in [0.25, 0.3) is 0 Å².